The molecule has 2 heterocycles. The van der Waals surface area contributed by atoms with Crippen LogP contribution in [0.25, 0.3) is 0 Å². The fourth-order valence-corrected chi connectivity index (χ4v) is 4.44. The van der Waals surface area contributed by atoms with E-state index in [2.05, 4.69) is 12.1 Å². The first-order valence-electron chi connectivity index (χ1n) is 10.3. The number of aliphatic hydroxyl groups excluding tert-OH is 1. The van der Waals surface area contributed by atoms with Crippen molar-refractivity contribution in [3.05, 3.63) is 65.2 Å². The lowest BCUT2D eigenvalue weighted by atomic mass is 9.82. The van der Waals surface area contributed by atoms with Crippen LogP contribution in [0, 0.1) is 0 Å². The van der Waals surface area contributed by atoms with Gasteiger partial charge in [0.05, 0.1) is 20.3 Å². The molecular formula is C24H31NO5. The highest BCUT2D eigenvalue weighted by Gasteiger charge is 2.51. The van der Waals surface area contributed by atoms with Crippen LogP contribution in [-0.4, -0.2) is 55.6 Å². The third-order valence-electron chi connectivity index (χ3n) is 6.37. The van der Waals surface area contributed by atoms with Gasteiger partial charge < -0.3 is 24.2 Å². The Morgan fingerprint density at radius 2 is 2.07 bits per heavy atom. The Bertz CT molecular complexity index is 919. The van der Waals surface area contributed by atoms with E-state index in [1.54, 1.807) is 13.2 Å². The number of piperidine rings is 1. The van der Waals surface area contributed by atoms with Crippen LogP contribution in [0.4, 0.5) is 0 Å². The maximum atomic E-state index is 13.3. The molecule has 0 bridgehead atoms. The van der Waals surface area contributed by atoms with Crippen molar-refractivity contribution in [2.24, 2.45) is 0 Å². The van der Waals surface area contributed by atoms with Gasteiger partial charge in [0.25, 0.3) is 5.91 Å². The van der Waals surface area contributed by atoms with Crippen LogP contribution >= 0.6 is 0 Å². The molecule has 0 aromatic heterocycles. The number of fused-ring (bicyclic) bond motifs is 1. The third-order valence-corrected chi connectivity index (χ3v) is 6.37. The molecule has 2 aromatic rings. The Labute approximate surface area is 178 Å². The number of methoxy groups -OCH3 is 1. The molecule has 2 fully saturated rings. The fraction of sp³-hybridized carbons (Fsp3) is 0.458. The summed E-state index contributed by atoms with van der Waals surface area (Å²) >= 11 is 0. The minimum Gasteiger partial charge on any atom is -0.496 e. The van der Waals surface area contributed by atoms with E-state index >= 15 is 0 Å². The van der Waals surface area contributed by atoms with Crippen LogP contribution in [0.2, 0.25) is 0 Å². The van der Waals surface area contributed by atoms with Gasteiger partial charge in [0.1, 0.15) is 24.2 Å². The van der Waals surface area contributed by atoms with Gasteiger partial charge in [0.15, 0.2) is 0 Å². The van der Waals surface area contributed by atoms with Gasteiger partial charge in [-0.25, -0.2) is 0 Å². The molecule has 0 spiro atoms. The lowest BCUT2D eigenvalue weighted by Crippen LogP contribution is -2.53. The highest BCUT2D eigenvalue weighted by Crippen LogP contribution is 2.42. The molecule has 0 radical (unpaired) electrons. The predicted octanol–water partition coefficient (Wildman–Crippen LogP) is 3.33. The standard InChI is InChI=1S/C24H29NO5.H2/c1-23(2,15-26)19-10-9-17(13-20(19)28-3)22(27)25-12-11-24(18-7-5-4-6-8-18)21(14-25)29-16-30-24;/h4-10,13,21,26H,11-12,14-16H2,1-3H3;1H. The Kier molecular flexibility index (Phi) is 5.57. The molecule has 6 heteroatoms. The number of nitrogens with zero attached hydrogens (tertiary/aromatic N) is 1. The molecular weight excluding hydrogens is 382 g/mol. The van der Waals surface area contributed by atoms with E-state index in [9.17, 15) is 9.90 Å². The Hall–Kier alpha value is -2.41. The van der Waals surface area contributed by atoms with Crippen LogP contribution in [0.1, 0.15) is 43.2 Å². The van der Waals surface area contributed by atoms with Crippen LogP contribution in [0.5, 0.6) is 5.75 Å². The smallest absolute Gasteiger partial charge is 0.254 e. The van der Waals surface area contributed by atoms with Crippen molar-refractivity contribution in [1.29, 1.82) is 0 Å². The molecule has 2 aliphatic heterocycles. The molecule has 2 atom stereocenters. The van der Waals surface area contributed by atoms with Crippen molar-refractivity contribution in [2.75, 3.05) is 33.6 Å². The highest BCUT2D eigenvalue weighted by atomic mass is 16.7. The number of hydrogen-bond donors (Lipinski definition) is 1. The summed E-state index contributed by atoms with van der Waals surface area (Å²) in [5.74, 6) is 0.551. The van der Waals surface area contributed by atoms with E-state index in [0.717, 1.165) is 11.1 Å². The number of aliphatic hydroxyl groups is 1. The van der Waals surface area contributed by atoms with E-state index in [4.69, 9.17) is 14.2 Å². The number of benzene rings is 2. The minimum absolute atomic E-state index is 0. The third kappa shape index (κ3) is 3.49. The number of carbonyl (C=O) groups excluding carboxylic acids is 1. The number of ether oxygens (including phenoxy) is 3. The average Bonchev–Trinajstić information content (AvgIpc) is 3.23. The first-order valence-corrected chi connectivity index (χ1v) is 10.3. The molecule has 6 nitrogen and oxygen atoms in total. The summed E-state index contributed by atoms with van der Waals surface area (Å²) in [6, 6.07) is 15.6. The second-order valence-electron chi connectivity index (χ2n) is 8.63. The second-order valence-corrected chi connectivity index (χ2v) is 8.63. The van der Waals surface area contributed by atoms with Gasteiger partial charge >= 0.3 is 0 Å². The number of likely N-dealkylation sites (tertiary alicyclic amines) is 1. The summed E-state index contributed by atoms with van der Waals surface area (Å²) in [7, 11) is 1.58. The van der Waals surface area contributed by atoms with Crippen LogP contribution in [0.3, 0.4) is 0 Å². The summed E-state index contributed by atoms with van der Waals surface area (Å²) < 4.78 is 17.5. The monoisotopic (exact) mass is 413 g/mol. The van der Waals surface area contributed by atoms with Crippen molar-refractivity contribution >= 4 is 5.91 Å². The van der Waals surface area contributed by atoms with Gasteiger partial charge in [0.2, 0.25) is 0 Å². The minimum atomic E-state index is -0.495. The molecule has 1 amide bonds. The molecule has 2 aromatic carbocycles. The topological polar surface area (TPSA) is 68.2 Å². The largest absolute Gasteiger partial charge is 0.496 e. The SMILES string of the molecule is COc1cc(C(=O)N2CCC3(c4ccccc4)OCOC3C2)ccc1C(C)(C)CO.[HH]. The summed E-state index contributed by atoms with van der Waals surface area (Å²) in [6.45, 7) is 5.17. The van der Waals surface area contributed by atoms with Crippen LogP contribution in [0.15, 0.2) is 48.5 Å². The number of rotatable bonds is 5. The number of hydrogen-bond acceptors (Lipinski definition) is 5. The van der Waals surface area contributed by atoms with E-state index in [-0.39, 0.29) is 26.8 Å². The van der Waals surface area contributed by atoms with Crippen molar-refractivity contribution < 1.29 is 25.5 Å². The number of amides is 1. The summed E-state index contributed by atoms with van der Waals surface area (Å²) in [5, 5.41) is 9.70. The summed E-state index contributed by atoms with van der Waals surface area (Å²) in [6.07, 6.45) is 0.479. The van der Waals surface area contributed by atoms with E-state index in [1.165, 1.54) is 0 Å². The van der Waals surface area contributed by atoms with Crippen molar-refractivity contribution in [3.63, 3.8) is 0 Å². The Morgan fingerprint density at radius 1 is 1.30 bits per heavy atom. The first kappa shape index (κ1) is 20.8. The lowest BCUT2D eigenvalue weighted by Gasteiger charge is -2.42. The molecule has 4 rings (SSSR count). The molecule has 0 saturated carbocycles. The zero-order valence-corrected chi connectivity index (χ0v) is 17.8. The van der Waals surface area contributed by atoms with E-state index in [0.29, 0.717) is 30.8 Å². The van der Waals surface area contributed by atoms with E-state index < -0.39 is 11.0 Å². The maximum absolute atomic E-state index is 13.3. The van der Waals surface area contributed by atoms with Gasteiger partial charge in [-0.2, -0.15) is 0 Å². The molecule has 2 unspecified atom stereocenters. The summed E-state index contributed by atoms with van der Waals surface area (Å²) in [4.78, 5) is 15.1. The van der Waals surface area contributed by atoms with Gasteiger partial charge in [-0.15, -0.1) is 0 Å². The average molecular weight is 414 g/mol. The molecule has 162 valence electrons. The fourth-order valence-electron chi connectivity index (χ4n) is 4.44. The van der Waals surface area contributed by atoms with Crippen LogP contribution in [-0.2, 0) is 20.5 Å². The first-order chi connectivity index (χ1) is 14.4. The molecule has 1 N–H and O–H groups in total. The molecule has 0 aliphatic carbocycles. The van der Waals surface area contributed by atoms with Gasteiger partial charge in [-0.3, -0.25) is 4.79 Å². The zero-order valence-electron chi connectivity index (χ0n) is 17.8. The van der Waals surface area contributed by atoms with Gasteiger partial charge in [-0.1, -0.05) is 50.2 Å². The van der Waals surface area contributed by atoms with Crippen molar-refractivity contribution in [2.45, 2.75) is 37.4 Å². The molecule has 2 saturated heterocycles. The quantitative estimate of drug-likeness (QED) is 0.814. The normalized spacial score (nSPS) is 23.9. The van der Waals surface area contributed by atoms with Crippen LogP contribution < -0.4 is 4.74 Å². The molecule has 2 aliphatic rings. The maximum Gasteiger partial charge on any atom is 0.254 e. The van der Waals surface area contributed by atoms with Crippen molar-refractivity contribution in [3.8, 4) is 5.75 Å². The number of carbonyl (C=O) groups is 1. The summed E-state index contributed by atoms with van der Waals surface area (Å²) in [5.41, 5.74) is 1.58. The predicted molar refractivity (Wildman–Crippen MR) is 115 cm³/mol. The Morgan fingerprint density at radius 3 is 2.77 bits per heavy atom. The highest BCUT2D eigenvalue weighted by molar-refractivity contribution is 5.95. The van der Waals surface area contributed by atoms with Gasteiger partial charge in [0, 0.05) is 30.9 Å². The lowest BCUT2D eigenvalue weighted by molar-refractivity contribution is -0.0439. The Balaban J connectivity index is 0.00000272. The van der Waals surface area contributed by atoms with Gasteiger partial charge in [-0.05, 0) is 17.7 Å². The molecule has 30 heavy (non-hydrogen) atoms. The van der Waals surface area contributed by atoms with Crippen molar-refractivity contribution in [1.82, 2.24) is 4.90 Å². The van der Waals surface area contributed by atoms with E-state index in [1.807, 2.05) is 49.1 Å². The second kappa shape index (κ2) is 8.02. The zero-order chi connectivity index (χ0) is 21.4.